The molecule has 0 aromatic heterocycles. The Balaban J connectivity index is 1.61. The van der Waals surface area contributed by atoms with Crippen LogP contribution in [0, 0.1) is 0 Å². The maximum absolute atomic E-state index is 11.8. The largest absolute Gasteiger partial charge is 0.351 e. The lowest BCUT2D eigenvalue weighted by atomic mass is 9.97. The van der Waals surface area contributed by atoms with Gasteiger partial charge in [-0.05, 0) is 32.1 Å². The van der Waals surface area contributed by atoms with Gasteiger partial charge in [-0.3, -0.25) is 9.59 Å². The number of quaternary nitrogens is 1. The quantitative estimate of drug-likeness (QED) is 0.559. The SMILES string of the molecule is O=C(C[NH+]1CCNC(=O)C1)NCCC1=CCCCC1. The molecule has 0 spiro atoms. The molecule has 0 aromatic carbocycles. The fraction of sp³-hybridized carbons (Fsp3) is 0.714. The van der Waals surface area contributed by atoms with Crippen LogP contribution in [-0.4, -0.2) is 44.5 Å². The third-order valence-electron chi connectivity index (χ3n) is 3.78. The molecule has 2 amide bonds. The van der Waals surface area contributed by atoms with E-state index in [1.54, 1.807) is 0 Å². The van der Waals surface area contributed by atoms with E-state index < -0.39 is 0 Å². The van der Waals surface area contributed by atoms with Crippen LogP contribution < -0.4 is 15.5 Å². The standard InChI is InChI=1S/C14H23N3O2/c18-13(10-17-9-8-16-14(19)11-17)15-7-6-12-4-2-1-3-5-12/h4H,1-3,5-11H2,(H,15,18)(H,16,19)/p+1. The summed E-state index contributed by atoms with van der Waals surface area (Å²) in [6.07, 6.45) is 8.25. The molecule has 0 aromatic rings. The van der Waals surface area contributed by atoms with Crippen LogP contribution in [0.4, 0.5) is 0 Å². The van der Waals surface area contributed by atoms with Crippen LogP contribution in [0.15, 0.2) is 11.6 Å². The van der Waals surface area contributed by atoms with E-state index in [1.807, 2.05) is 0 Å². The molecule has 0 bridgehead atoms. The molecule has 1 atom stereocenters. The van der Waals surface area contributed by atoms with Crippen molar-refractivity contribution in [2.24, 2.45) is 0 Å². The van der Waals surface area contributed by atoms with Crippen LogP contribution in [0.5, 0.6) is 0 Å². The number of rotatable bonds is 5. The Bertz CT molecular complexity index is 366. The first-order valence-electron chi connectivity index (χ1n) is 7.29. The molecule has 1 aliphatic heterocycles. The van der Waals surface area contributed by atoms with Crippen molar-refractivity contribution in [3.8, 4) is 0 Å². The van der Waals surface area contributed by atoms with Crippen LogP contribution in [0.3, 0.4) is 0 Å². The molecule has 3 N–H and O–H groups in total. The zero-order valence-corrected chi connectivity index (χ0v) is 11.5. The van der Waals surface area contributed by atoms with Gasteiger partial charge in [0.05, 0.1) is 13.1 Å². The normalized spacial score (nSPS) is 23.5. The van der Waals surface area contributed by atoms with E-state index in [9.17, 15) is 9.59 Å². The molecule has 1 fully saturated rings. The van der Waals surface area contributed by atoms with Crippen LogP contribution in [-0.2, 0) is 9.59 Å². The number of hydrogen-bond donors (Lipinski definition) is 3. The highest BCUT2D eigenvalue weighted by molar-refractivity contribution is 5.79. The molecule has 0 radical (unpaired) electrons. The van der Waals surface area contributed by atoms with Crippen LogP contribution in [0.1, 0.15) is 32.1 Å². The third kappa shape index (κ3) is 5.03. The maximum atomic E-state index is 11.8. The fourth-order valence-electron chi connectivity index (χ4n) is 2.69. The van der Waals surface area contributed by atoms with Gasteiger partial charge in [-0.15, -0.1) is 0 Å². The molecule has 1 unspecified atom stereocenters. The highest BCUT2D eigenvalue weighted by atomic mass is 16.2. The van der Waals surface area contributed by atoms with E-state index in [2.05, 4.69) is 16.7 Å². The maximum Gasteiger partial charge on any atom is 0.275 e. The van der Waals surface area contributed by atoms with Crippen LogP contribution in [0.2, 0.25) is 0 Å². The minimum Gasteiger partial charge on any atom is -0.351 e. The number of carbonyl (C=O) groups excluding carboxylic acids is 2. The second-order valence-corrected chi connectivity index (χ2v) is 5.41. The summed E-state index contributed by atoms with van der Waals surface area (Å²) in [5.41, 5.74) is 1.48. The average molecular weight is 266 g/mol. The predicted octanol–water partition coefficient (Wildman–Crippen LogP) is -0.992. The van der Waals surface area contributed by atoms with Gasteiger partial charge in [-0.25, -0.2) is 0 Å². The highest BCUT2D eigenvalue weighted by Crippen LogP contribution is 2.19. The summed E-state index contributed by atoms with van der Waals surface area (Å²) in [6, 6.07) is 0. The summed E-state index contributed by atoms with van der Waals surface area (Å²) in [5, 5.41) is 5.73. The summed E-state index contributed by atoms with van der Waals surface area (Å²) >= 11 is 0. The van der Waals surface area contributed by atoms with Crippen molar-refractivity contribution >= 4 is 11.8 Å². The van der Waals surface area contributed by atoms with Crippen molar-refractivity contribution in [1.29, 1.82) is 0 Å². The lowest BCUT2D eigenvalue weighted by Crippen LogP contribution is -3.16. The van der Waals surface area contributed by atoms with Crippen molar-refractivity contribution in [2.75, 3.05) is 32.7 Å². The van der Waals surface area contributed by atoms with Gasteiger partial charge >= 0.3 is 0 Å². The van der Waals surface area contributed by atoms with Crippen molar-refractivity contribution in [2.45, 2.75) is 32.1 Å². The van der Waals surface area contributed by atoms with Gasteiger partial charge in [0, 0.05) is 6.54 Å². The van der Waals surface area contributed by atoms with E-state index in [1.165, 1.54) is 31.3 Å². The molecule has 5 heteroatoms. The van der Waals surface area contributed by atoms with Gasteiger partial charge in [0.2, 0.25) is 0 Å². The van der Waals surface area contributed by atoms with Crippen molar-refractivity contribution < 1.29 is 14.5 Å². The van der Waals surface area contributed by atoms with Crippen molar-refractivity contribution in [1.82, 2.24) is 10.6 Å². The Morgan fingerprint density at radius 1 is 1.42 bits per heavy atom. The number of piperazine rings is 1. The number of hydrogen-bond acceptors (Lipinski definition) is 2. The second-order valence-electron chi connectivity index (χ2n) is 5.41. The Kier molecular flexibility index (Phi) is 5.39. The Morgan fingerprint density at radius 3 is 3.05 bits per heavy atom. The number of amides is 2. The van der Waals surface area contributed by atoms with Gasteiger partial charge in [0.15, 0.2) is 13.1 Å². The average Bonchev–Trinajstić information content (AvgIpc) is 2.40. The lowest BCUT2D eigenvalue weighted by molar-refractivity contribution is -0.885. The van der Waals surface area contributed by atoms with Gasteiger partial charge in [-0.1, -0.05) is 11.6 Å². The minimum absolute atomic E-state index is 0.0430. The predicted molar refractivity (Wildman–Crippen MR) is 72.8 cm³/mol. The first-order valence-corrected chi connectivity index (χ1v) is 7.29. The van der Waals surface area contributed by atoms with E-state index in [0.717, 1.165) is 24.4 Å². The van der Waals surface area contributed by atoms with Crippen molar-refractivity contribution in [3.05, 3.63) is 11.6 Å². The summed E-state index contributed by atoms with van der Waals surface area (Å²) in [6.45, 7) is 3.06. The molecule has 0 saturated carbocycles. The van der Waals surface area contributed by atoms with Crippen molar-refractivity contribution in [3.63, 3.8) is 0 Å². The van der Waals surface area contributed by atoms with Crippen LogP contribution >= 0.6 is 0 Å². The van der Waals surface area contributed by atoms with E-state index in [-0.39, 0.29) is 11.8 Å². The zero-order valence-electron chi connectivity index (χ0n) is 11.5. The van der Waals surface area contributed by atoms with Crippen LogP contribution in [0.25, 0.3) is 0 Å². The molecule has 1 aliphatic carbocycles. The summed E-state index contributed by atoms with van der Waals surface area (Å²) in [5.74, 6) is 0.0996. The highest BCUT2D eigenvalue weighted by Gasteiger charge is 2.21. The Morgan fingerprint density at radius 2 is 2.32 bits per heavy atom. The number of nitrogens with one attached hydrogen (secondary N) is 3. The number of carbonyl (C=O) groups is 2. The fourth-order valence-corrected chi connectivity index (χ4v) is 2.69. The molecule has 106 valence electrons. The lowest BCUT2D eigenvalue weighted by Gasteiger charge is -2.23. The third-order valence-corrected chi connectivity index (χ3v) is 3.78. The second kappa shape index (κ2) is 7.28. The molecular formula is C14H24N3O2+. The molecule has 19 heavy (non-hydrogen) atoms. The van der Waals surface area contributed by atoms with Gasteiger partial charge in [0.25, 0.3) is 11.8 Å². The molecular weight excluding hydrogens is 242 g/mol. The summed E-state index contributed by atoms with van der Waals surface area (Å²) in [7, 11) is 0. The summed E-state index contributed by atoms with van der Waals surface area (Å²) < 4.78 is 0. The van der Waals surface area contributed by atoms with E-state index in [0.29, 0.717) is 19.6 Å². The Hall–Kier alpha value is -1.36. The molecule has 2 aliphatic rings. The van der Waals surface area contributed by atoms with Gasteiger partial charge in [0.1, 0.15) is 0 Å². The molecule has 1 saturated heterocycles. The summed E-state index contributed by atoms with van der Waals surface area (Å²) in [4.78, 5) is 24.0. The van der Waals surface area contributed by atoms with Gasteiger partial charge < -0.3 is 15.5 Å². The zero-order chi connectivity index (χ0) is 13.5. The number of allylic oxidation sites excluding steroid dienone is 1. The van der Waals surface area contributed by atoms with E-state index in [4.69, 9.17) is 0 Å². The molecule has 1 heterocycles. The van der Waals surface area contributed by atoms with Gasteiger partial charge in [-0.2, -0.15) is 0 Å². The minimum atomic E-state index is 0.0430. The molecule has 5 nitrogen and oxygen atoms in total. The molecule has 2 rings (SSSR count). The van der Waals surface area contributed by atoms with E-state index >= 15 is 0 Å². The monoisotopic (exact) mass is 266 g/mol. The Labute approximate surface area is 114 Å². The smallest absolute Gasteiger partial charge is 0.275 e. The first kappa shape index (κ1) is 14.1. The topological polar surface area (TPSA) is 62.6 Å². The first-order chi connectivity index (χ1) is 9.24.